The van der Waals surface area contributed by atoms with Gasteiger partial charge in [0, 0.05) is 6.04 Å². The molecule has 22 heavy (non-hydrogen) atoms. The molecule has 0 radical (unpaired) electrons. The van der Waals surface area contributed by atoms with Gasteiger partial charge in [-0.1, -0.05) is 37.3 Å². The molecular weight excluding hydrogens is 315 g/mol. The third-order valence-electron chi connectivity index (χ3n) is 3.20. The first kappa shape index (κ1) is 16.7. The van der Waals surface area contributed by atoms with Gasteiger partial charge in [-0.3, -0.25) is 4.79 Å². The summed E-state index contributed by atoms with van der Waals surface area (Å²) in [6, 6.07) is 5.02. The summed E-state index contributed by atoms with van der Waals surface area (Å²) in [4.78, 5) is 10.8. The van der Waals surface area contributed by atoms with Crippen LogP contribution in [0, 0.1) is 5.92 Å². The summed E-state index contributed by atoms with van der Waals surface area (Å²) in [6.45, 7) is 4.17. The van der Waals surface area contributed by atoms with E-state index in [9.17, 15) is 18.0 Å². The van der Waals surface area contributed by atoms with Crippen LogP contribution in [0.4, 0.5) is 13.2 Å². The summed E-state index contributed by atoms with van der Waals surface area (Å²) < 4.78 is 38.5. The smallest absolute Gasteiger partial charge is 0.303 e. The van der Waals surface area contributed by atoms with Crippen LogP contribution in [0.2, 0.25) is 0 Å². The van der Waals surface area contributed by atoms with Crippen LogP contribution in [0.15, 0.2) is 29.1 Å². The zero-order chi connectivity index (χ0) is 16.3. The number of H-pyrrole nitrogens is 1. The van der Waals surface area contributed by atoms with Crippen LogP contribution in [0.1, 0.15) is 36.0 Å². The Labute approximate surface area is 129 Å². The molecule has 1 heterocycles. The number of nitrogens with zero attached hydrogens (tertiary/aromatic N) is 1. The van der Waals surface area contributed by atoms with Crippen molar-refractivity contribution in [2.45, 2.75) is 32.6 Å². The Bertz CT molecular complexity index is 678. The molecule has 2 rings (SSSR count). The van der Waals surface area contributed by atoms with Gasteiger partial charge in [0.25, 0.3) is 0 Å². The first-order chi connectivity index (χ1) is 10.3. The summed E-state index contributed by atoms with van der Waals surface area (Å²) in [5, 5.41) is 9.89. The molecule has 0 aliphatic rings. The molecule has 1 unspecified atom stereocenters. The van der Waals surface area contributed by atoms with Gasteiger partial charge in [-0.2, -0.15) is 18.3 Å². The lowest BCUT2D eigenvalue weighted by molar-refractivity contribution is -0.137. The van der Waals surface area contributed by atoms with Gasteiger partial charge in [0.2, 0.25) is 0 Å². The van der Waals surface area contributed by atoms with Gasteiger partial charge in [-0.15, -0.1) is 0 Å². The van der Waals surface area contributed by atoms with E-state index in [2.05, 4.69) is 15.5 Å². The SMILES string of the molecule is CC(C)C(NCc1n[nH]c(=O)s1)c1cccc(C(F)(F)F)c1. The zero-order valence-corrected chi connectivity index (χ0v) is 12.9. The molecule has 0 spiro atoms. The second-order valence-corrected chi connectivity index (χ2v) is 6.28. The third-order valence-corrected chi connectivity index (χ3v) is 3.94. The number of hydrogen-bond acceptors (Lipinski definition) is 4. The summed E-state index contributed by atoms with van der Waals surface area (Å²) in [6.07, 6.45) is -4.36. The monoisotopic (exact) mass is 331 g/mol. The average Bonchev–Trinajstić information content (AvgIpc) is 2.84. The Morgan fingerprint density at radius 2 is 2.09 bits per heavy atom. The van der Waals surface area contributed by atoms with Crippen LogP contribution in [0.25, 0.3) is 0 Å². The standard InChI is InChI=1S/C14H16F3N3OS/c1-8(2)12(18-7-11-19-20-13(21)22-11)9-4-3-5-10(6-9)14(15,16)17/h3-6,8,12,18H,7H2,1-2H3,(H,20,21). The molecule has 0 fully saturated rings. The van der Waals surface area contributed by atoms with Gasteiger partial charge >= 0.3 is 11.0 Å². The molecule has 2 N–H and O–H groups in total. The first-order valence-electron chi connectivity index (χ1n) is 6.72. The minimum absolute atomic E-state index is 0.0825. The second kappa shape index (κ2) is 6.62. The van der Waals surface area contributed by atoms with Crippen molar-refractivity contribution in [2.75, 3.05) is 0 Å². The van der Waals surface area contributed by atoms with Gasteiger partial charge in [0.15, 0.2) is 0 Å². The molecule has 1 aromatic heterocycles. The third kappa shape index (κ3) is 4.17. The molecule has 120 valence electrons. The molecule has 0 aliphatic carbocycles. The minimum atomic E-state index is -4.36. The zero-order valence-electron chi connectivity index (χ0n) is 12.1. The second-order valence-electron chi connectivity index (χ2n) is 5.23. The number of nitrogens with one attached hydrogen (secondary N) is 2. The van der Waals surface area contributed by atoms with Crippen LogP contribution in [0.5, 0.6) is 0 Å². The van der Waals surface area contributed by atoms with Gasteiger partial charge in [-0.25, -0.2) is 5.10 Å². The van der Waals surface area contributed by atoms with Gasteiger partial charge < -0.3 is 5.32 Å². The van der Waals surface area contributed by atoms with Crippen molar-refractivity contribution < 1.29 is 13.2 Å². The number of aromatic nitrogens is 2. The highest BCUT2D eigenvalue weighted by Gasteiger charge is 2.31. The number of aromatic amines is 1. The Morgan fingerprint density at radius 3 is 2.64 bits per heavy atom. The molecule has 0 aliphatic heterocycles. The Balaban J connectivity index is 2.19. The fourth-order valence-corrected chi connectivity index (χ4v) is 2.73. The largest absolute Gasteiger partial charge is 0.416 e. The molecule has 0 amide bonds. The highest BCUT2D eigenvalue weighted by Crippen LogP contribution is 2.32. The van der Waals surface area contributed by atoms with E-state index in [-0.39, 0.29) is 16.8 Å². The van der Waals surface area contributed by atoms with Gasteiger partial charge in [0.1, 0.15) is 5.01 Å². The van der Waals surface area contributed by atoms with Crippen molar-refractivity contribution in [1.82, 2.24) is 15.5 Å². The predicted octanol–water partition coefficient (Wildman–Crippen LogP) is 3.34. The maximum atomic E-state index is 12.8. The lowest BCUT2D eigenvalue weighted by Crippen LogP contribution is -2.25. The summed E-state index contributed by atoms with van der Waals surface area (Å²) in [5.41, 5.74) is -0.102. The molecule has 4 nitrogen and oxygen atoms in total. The predicted molar refractivity (Wildman–Crippen MR) is 78.6 cm³/mol. The highest BCUT2D eigenvalue weighted by molar-refractivity contribution is 7.08. The summed E-state index contributed by atoms with van der Waals surface area (Å²) in [7, 11) is 0. The van der Waals surface area contributed by atoms with Gasteiger partial charge in [-0.05, 0) is 23.6 Å². The van der Waals surface area contributed by atoms with E-state index < -0.39 is 11.7 Å². The molecule has 1 aromatic carbocycles. The van der Waals surface area contributed by atoms with Crippen LogP contribution >= 0.6 is 11.3 Å². The molecule has 2 aromatic rings. The maximum Gasteiger partial charge on any atom is 0.416 e. The molecular formula is C14H16F3N3OS. The van der Waals surface area contributed by atoms with Crippen LogP contribution in [-0.4, -0.2) is 10.2 Å². The van der Waals surface area contributed by atoms with Crippen molar-refractivity contribution in [1.29, 1.82) is 0 Å². The molecule has 0 bridgehead atoms. The quantitative estimate of drug-likeness (QED) is 0.883. The normalized spacial score (nSPS) is 13.5. The number of rotatable bonds is 5. The number of halogens is 3. The highest BCUT2D eigenvalue weighted by atomic mass is 32.1. The lowest BCUT2D eigenvalue weighted by atomic mass is 9.94. The molecule has 8 heteroatoms. The fraction of sp³-hybridized carbons (Fsp3) is 0.429. The van der Waals surface area contributed by atoms with Crippen molar-refractivity contribution in [2.24, 2.45) is 5.92 Å². The van der Waals surface area contributed by atoms with E-state index >= 15 is 0 Å². The van der Waals surface area contributed by atoms with E-state index in [1.807, 2.05) is 13.8 Å². The number of alkyl halides is 3. The molecule has 1 atom stereocenters. The lowest BCUT2D eigenvalue weighted by Gasteiger charge is -2.23. The van der Waals surface area contributed by atoms with Crippen molar-refractivity contribution in [3.05, 3.63) is 50.1 Å². The van der Waals surface area contributed by atoms with Gasteiger partial charge in [0.05, 0.1) is 12.1 Å². The maximum absolute atomic E-state index is 12.8. The van der Waals surface area contributed by atoms with Crippen molar-refractivity contribution >= 4 is 11.3 Å². The fourth-order valence-electron chi connectivity index (χ4n) is 2.18. The summed E-state index contributed by atoms with van der Waals surface area (Å²) >= 11 is 0.979. The number of hydrogen-bond donors (Lipinski definition) is 2. The van der Waals surface area contributed by atoms with E-state index in [0.717, 1.165) is 23.5 Å². The minimum Gasteiger partial charge on any atom is -0.303 e. The van der Waals surface area contributed by atoms with Crippen LogP contribution in [-0.2, 0) is 12.7 Å². The first-order valence-corrected chi connectivity index (χ1v) is 7.54. The van der Waals surface area contributed by atoms with E-state index in [1.165, 1.54) is 6.07 Å². The topological polar surface area (TPSA) is 57.8 Å². The van der Waals surface area contributed by atoms with Crippen LogP contribution < -0.4 is 10.2 Å². The molecule has 0 saturated carbocycles. The van der Waals surface area contributed by atoms with Crippen LogP contribution in [0.3, 0.4) is 0 Å². The summed E-state index contributed by atoms with van der Waals surface area (Å²) in [5.74, 6) is 0.0825. The Kier molecular flexibility index (Phi) is 5.02. The van der Waals surface area contributed by atoms with Crippen molar-refractivity contribution in [3.8, 4) is 0 Å². The number of benzene rings is 1. The average molecular weight is 331 g/mol. The Hall–Kier alpha value is -1.67. The Morgan fingerprint density at radius 1 is 1.36 bits per heavy atom. The van der Waals surface area contributed by atoms with E-state index in [0.29, 0.717) is 17.1 Å². The van der Waals surface area contributed by atoms with Crippen molar-refractivity contribution in [3.63, 3.8) is 0 Å². The van der Waals surface area contributed by atoms with E-state index in [4.69, 9.17) is 0 Å². The van der Waals surface area contributed by atoms with E-state index in [1.54, 1.807) is 6.07 Å². The molecule has 0 saturated heterocycles.